The third-order valence-electron chi connectivity index (χ3n) is 2.30. The molecule has 0 unspecified atom stereocenters. The molecule has 0 atom stereocenters. The summed E-state index contributed by atoms with van der Waals surface area (Å²) in [5, 5.41) is 0.239. The normalized spacial score (nSPS) is 11.7. The topological polar surface area (TPSA) is 38.7 Å². The first-order chi connectivity index (χ1) is 8.79. The van der Waals surface area contributed by atoms with Crippen molar-refractivity contribution in [1.82, 2.24) is 15.0 Å². The van der Waals surface area contributed by atoms with Gasteiger partial charge in [-0.3, -0.25) is 4.98 Å². The highest BCUT2D eigenvalue weighted by Gasteiger charge is 2.30. The second-order valence-corrected chi connectivity index (χ2v) is 4.40. The fraction of sp³-hybridized carbons (Fsp3) is 0.182. The first-order valence-electron chi connectivity index (χ1n) is 5.02. The van der Waals surface area contributed by atoms with Crippen molar-refractivity contribution in [3.63, 3.8) is 0 Å². The van der Waals surface area contributed by atoms with Crippen LogP contribution in [0.25, 0.3) is 11.5 Å². The number of alkyl halides is 3. The summed E-state index contributed by atoms with van der Waals surface area (Å²) < 4.78 is 37.2. The van der Waals surface area contributed by atoms with Gasteiger partial charge >= 0.3 is 6.18 Å². The van der Waals surface area contributed by atoms with E-state index in [9.17, 15) is 13.2 Å². The van der Waals surface area contributed by atoms with E-state index < -0.39 is 11.7 Å². The Labute approximate surface area is 116 Å². The van der Waals surface area contributed by atoms with Crippen molar-refractivity contribution >= 4 is 23.2 Å². The van der Waals surface area contributed by atoms with Crippen molar-refractivity contribution in [3.8, 4) is 11.5 Å². The van der Waals surface area contributed by atoms with E-state index >= 15 is 0 Å². The lowest BCUT2D eigenvalue weighted by Gasteiger charge is -2.07. The van der Waals surface area contributed by atoms with Gasteiger partial charge in [-0.1, -0.05) is 23.2 Å². The van der Waals surface area contributed by atoms with Crippen molar-refractivity contribution in [3.05, 3.63) is 39.8 Å². The Balaban J connectivity index is 2.43. The third-order valence-corrected chi connectivity index (χ3v) is 3.12. The molecule has 0 aliphatic heterocycles. The highest BCUT2D eigenvalue weighted by Crippen LogP contribution is 2.30. The molecule has 2 aromatic heterocycles. The number of aromatic nitrogens is 3. The van der Waals surface area contributed by atoms with Gasteiger partial charge in [-0.05, 0) is 19.1 Å². The van der Waals surface area contributed by atoms with Crippen LogP contribution in [0.5, 0.6) is 0 Å². The maximum atomic E-state index is 12.4. The van der Waals surface area contributed by atoms with E-state index in [1.165, 1.54) is 6.07 Å². The molecule has 0 amide bonds. The number of aryl methyl sites for hydroxylation is 1. The summed E-state index contributed by atoms with van der Waals surface area (Å²) in [5.41, 5.74) is -0.221. The maximum Gasteiger partial charge on any atom is 0.417 e. The Morgan fingerprint density at radius 2 is 1.79 bits per heavy atom. The van der Waals surface area contributed by atoms with Crippen LogP contribution in [0.2, 0.25) is 10.2 Å². The Kier molecular flexibility index (Phi) is 3.64. The molecule has 8 heteroatoms. The molecule has 0 aliphatic carbocycles. The summed E-state index contributed by atoms with van der Waals surface area (Å²) in [6.45, 7) is 1.61. The lowest BCUT2D eigenvalue weighted by Crippen LogP contribution is -2.05. The number of hydrogen-bond acceptors (Lipinski definition) is 3. The summed E-state index contributed by atoms with van der Waals surface area (Å²) in [6, 6.07) is 2.09. The van der Waals surface area contributed by atoms with E-state index in [-0.39, 0.29) is 21.7 Å². The Hall–Kier alpha value is -1.40. The van der Waals surface area contributed by atoms with E-state index in [1.54, 1.807) is 6.92 Å². The van der Waals surface area contributed by atoms with Crippen LogP contribution in [-0.2, 0) is 6.18 Å². The Bertz CT molecular complexity index is 589. The minimum atomic E-state index is -4.43. The largest absolute Gasteiger partial charge is 0.417 e. The summed E-state index contributed by atoms with van der Waals surface area (Å²) in [4.78, 5) is 11.6. The second kappa shape index (κ2) is 4.94. The van der Waals surface area contributed by atoms with Crippen LogP contribution < -0.4 is 0 Å². The smallest absolute Gasteiger partial charge is 0.252 e. The van der Waals surface area contributed by atoms with Gasteiger partial charge in [0.15, 0.2) is 11.0 Å². The quantitative estimate of drug-likeness (QED) is 0.742. The minimum Gasteiger partial charge on any atom is -0.252 e. The fourth-order valence-electron chi connectivity index (χ4n) is 1.33. The van der Waals surface area contributed by atoms with E-state index in [4.69, 9.17) is 23.2 Å². The van der Waals surface area contributed by atoms with Crippen LogP contribution in [0.4, 0.5) is 13.2 Å². The first-order valence-corrected chi connectivity index (χ1v) is 5.78. The van der Waals surface area contributed by atoms with Gasteiger partial charge in [0.05, 0.1) is 16.3 Å². The summed E-state index contributed by atoms with van der Waals surface area (Å²) in [7, 11) is 0. The molecule has 19 heavy (non-hydrogen) atoms. The predicted molar refractivity (Wildman–Crippen MR) is 65.0 cm³/mol. The molecule has 2 heterocycles. The number of nitrogens with zero attached hydrogens (tertiary/aromatic N) is 3. The van der Waals surface area contributed by atoms with Crippen molar-refractivity contribution in [2.75, 3.05) is 0 Å². The lowest BCUT2D eigenvalue weighted by atomic mass is 10.2. The minimum absolute atomic E-state index is 0.0332. The molecule has 2 rings (SSSR count). The molecular weight excluding hydrogens is 302 g/mol. The van der Waals surface area contributed by atoms with Gasteiger partial charge in [-0.25, -0.2) is 9.97 Å². The van der Waals surface area contributed by atoms with E-state index in [0.29, 0.717) is 5.69 Å². The molecule has 0 fully saturated rings. The number of hydrogen-bond donors (Lipinski definition) is 0. The zero-order chi connectivity index (χ0) is 14.2. The molecule has 0 saturated heterocycles. The van der Waals surface area contributed by atoms with Crippen LogP contribution in [0.1, 0.15) is 11.3 Å². The zero-order valence-corrected chi connectivity index (χ0v) is 11.0. The maximum absolute atomic E-state index is 12.4. The molecule has 3 nitrogen and oxygen atoms in total. The van der Waals surface area contributed by atoms with Crippen LogP contribution >= 0.6 is 23.2 Å². The average molecular weight is 308 g/mol. The Morgan fingerprint density at radius 3 is 2.26 bits per heavy atom. The third kappa shape index (κ3) is 2.96. The van der Waals surface area contributed by atoms with Crippen molar-refractivity contribution < 1.29 is 13.2 Å². The van der Waals surface area contributed by atoms with Gasteiger partial charge in [0.2, 0.25) is 0 Å². The zero-order valence-electron chi connectivity index (χ0n) is 9.46. The van der Waals surface area contributed by atoms with Crippen LogP contribution in [-0.4, -0.2) is 15.0 Å². The molecule has 0 saturated carbocycles. The lowest BCUT2D eigenvalue weighted by molar-refractivity contribution is -0.137. The molecule has 2 aromatic rings. The average Bonchev–Trinajstić information content (AvgIpc) is 2.34. The molecule has 0 spiro atoms. The SMILES string of the molecule is Cc1nc(-c2ccc(C(F)(F)F)cn2)nc(Cl)c1Cl. The van der Waals surface area contributed by atoms with Crippen molar-refractivity contribution in [2.24, 2.45) is 0 Å². The van der Waals surface area contributed by atoms with Crippen LogP contribution in [0.3, 0.4) is 0 Å². The van der Waals surface area contributed by atoms with E-state index in [2.05, 4.69) is 15.0 Å². The monoisotopic (exact) mass is 307 g/mol. The number of pyridine rings is 1. The summed E-state index contributed by atoms with van der Waals surface area (Å²) in [6.07, 6.45) is -3.71. The molecule has 100 valence electrons. The van der Waals surface area contributed by atoms with Crippen molar-refractivity contribution in [2.45, 2.75) is 13.1 Å². The highest BCUT2D eigenvalue weighted by molar-refractivity contribution is 6.41. The van der Waals surface area contributed by atoms with Gasteiger partial charge in [-0.2, -0.15) is 13.2 Å². The van der Waals surface area contributed by atoms with Crippen molar-refractivity contribution in [1.29, 1.82) is 0 Å². The first kappa shape index (κ1) is 14.0. The highest BCUT2D eigenvalue weighted by atomic mass is 35.5. The molecule has 0 N–H and O–H groups in total. The molecule has 0 bridgehead atoms. The van der Waals surface area contributed by atoms with Gasteiger partial charge in [-0.15, -0.1) is 0 Å². The fourth-order valence-corrected chi connectivity index (χ4v) is 1.63. The second-order valence-electron chi connectivity index (χ2n) is 3.67. The predicted octanol–water partition coefficient (Wildman–Crippen LogP) is 4.17. The van der Waals surface area contributed by atoms with Gasteiger partial charge in [0.25, 0.3) is 0 Å². The van der Waals surface area contributed by atoms with Crippen LogP contribution in [0.15, 0.2) is 18.3 Å². The molecule has 0 aromatic carbocycles. The number of halogens is 5. The van der Waals surface area contributed by atoms with Crippen LogP contribution in [0, 0.1) is 6.92 Å². The summed E-state index contributed by atoms with van der Waals surface area (Å²) in [5.74, 6) is 0.126. The molecular formula is C11H6Cl2F3N3. The molecule has 0 aliphatic rings. The van der Waals surface area contributed by atoms with Gasteiger partial charge in [0.1, 0.15) is 5.69 Å². The van der Waals surface area contributed by atoms with E-state index in [1.807, 2.05) is 0 Å². The molecule has 0 radical (unpaired) electrons. The standard InChI is InChI=1S/C11H6Cl2F3N3/c1-5-8(12)9(13)19-10(18-5)7-3-2-6(4-17-7)11(14,15)16/h2-4H,1H3. The summed E-state index contributed by atoms with van der Waals surface area (Å²) >= 11 is 11.6. The van der Waals surface area contributed by atoms with Gasteiger partial charge in [0, 0.05) is 6.20 Å². The van der Waals surface area contributed by atoms with Gasteiger partial charge < -0.3 is 0 Å². The van der Waals surface area contributed by atoms with E-state index in [0.717, 1.165) is 12.3 Å². The Morgan fingerprint density at radius 1 is 1.11 bits per heavy atom. The number of rotatable bonds is 1.